The average molecular weight is 338 g/mol. The van der Waals surface area contributed by atoms with Crippen molar-refractivity contribution in [3.63, 3.8) is 0 Å². The SMILES string of the molecule is Cc1cc(C(=O)Nc2ccc(C)c(C(F)(F)F)c2)ccc1[N+](=O)[O-]. The summed E-state index contributed by atoms with van der Waals surface area (Å²) in [6.45, 7) is 2.80. The molecule has 24 heavy (non-hydrogen) atoms. The largest absolute Gasteiger partial charge is 0.416 e. The van der Waals surface area contributed by atoms with E-state index >= 15 is 0 Å². The number of nitro benzene ring substituents is 1. The first kappa shape index (κ1) is 17.5. The molecule has 0 aromatic heterocycles. The van der Waals surface area contributed by atoms with Gasteiger partial charge in [0.05, 0.1) is 10.5 Å². The van der Waals surface area contributed by atoms with Crippen LogP contribution >= 0.6 is 0 Å². The second-order valence-corrected chi connectivity index (χ2v) is 5.24. The Labute approximate surface area is 135 Å². The number of nitrogens with zero attached hydrogens (tertiary/aromatic N) is 1. The molecule has 2 aromatic rings. The molecule has 0 aliphatic rings. The second-order valence-electron chi connectivity index (χ2n) is 5.24. The maximum atomic E-state index is 12.9. The molecule has 0 saturated carbocycles. The molecule has 0 aliphatic heterocycles. The van der Waals surface area contributed by atoms with E-state index in [1.54, 1.807) is 0 Å². The number of anilines is 1. The Morgan fingerprint density at radius 1 is 1.08 bits per heavy atom. The van der Waals surface area contributed by atoms with Crippen molar-refractivity contribution in [2.24, 2.45) is 0 Å². The minimum Gasteiger partial charge on any atom is -0.322 e. The number of carbonyl (C=O) groups excluding carboxylic acids is 1. The molecule has 0 radical (unpaired) electrons. The van der Waals surface area contributed by atoms with Gasteiger partial charge in [0, 0.05) is 22.9 Å². The van der Waals surface area contributed by atoms with Crippen LogP contribution in [0.15, 0.2) is 36.4 Å². The van der Waals surface area contributed by atoms with Crippen LogP contribution in [-0.4, -0.2) is 10.8 Å². The van der Waals surface area contributed by atoms with E-state index in [0.717, 1.165) is 6.07 Å². The fourth-order valence-corrected chi connectivity index (χ4v) is 2.21. The molecule has 0 heterocycles. The number of amides is 1. The Morgan fingerprint density at radius 2 is 1.75 bits per heavy atom. The van der Waals surface area contributed by atoms with Crippen LogP contribution in [0.2, 0.25) is 0 Å². The highest BCUT2D eigenvalue weighted by atomic mass is 19.4. The molecule has 126 valence electrons. The molecule has 0 aliphatic carbocycles. The van der Waals surface area contributed by atoms with Crippen molar-refractivity contribution >= 4 is 17.3 Å². The van der Waals surface area contributed by atoms with Crippen molar-refractivity contribution in [1.29, 1.82) is 0 Å². The molecule has 0 bridgehead atoms. The summed E-state index contributed by atoms with van der Waals surface area (Å²) in [5.74, 6) is -0.648. The van der Waals surface area contributed by atoms with Gasteiger partial charge in [0.1, 0.15) is 0 Å². The van der Waals surface area contributed by atoms with Gasteiger partial charge in [0.2, 0.25) is 0 Å². The molecule has 8 heteroatoms. The maximum absolute atomic E-state index is 12.9. The van der Waals surface area contributed by atoms with Crippen LogP contribution < -0.4 is 5.32 Å². The van der Waals surface area contributed by atoms with E-state index in [9.17, 15) is 28.1 Å². The number of rotatable bonds is 3. The van der Waals surface area contributed by atoms with Crippen LogP contribution in [0.4, 0.5) is 24.5 Å². The summed E-state index contributed by atoms with van der Waals surface area (Å²) in [6, 6.07) is 7.22. The molecule has 0 fully saturated rings. The van der Waals surface area contributed by atoms with E-state index in [-0.39, 0.29) is 28.1 Å². The van der Waals surface area contributed by atoms with Gasteiger partial charge < -0.3 is 5.32 Å². The molecular weight excluding hydrogens is 325 g/mol. The fraction of sp³-hybridized carbons (Fsp3) is 0.188. The first-order chi connectivity index (χ1) is 11.1. The molecule has 0 spiro atoms. The van der Waals surface area contributed by atoms with Crippen molar-refractivity contribution in [2.45, 2.75) is 20.0 Å². The zero-order chi connectivity index (χ0) is 18.1. The third kappa shape index (κ3) is 3.70. The molecular formula is C16H13F3N2O3. The molecule has 0 atom stereocenters. The molecule has 1 amide bonds. The Morgan fingerprint density at radius 3 is 2.29 bits per heavy atom. The van der Waals surface area contributed by atoms with Gasteiger partial charge in [-0.1, -0.05) is 6.07 Å². The number of benzene rings is 2. The van der Waals surface area contributed by atoms with Gasteiger partial charge in [-0.2, -0.15) is 13.2 Å². The lowest BCUT2D eigenvalue weighted by molar-refractivity contribution is -0.385. The Bertz CT molecular complexity index is 817. The van der Waals surface area contributed by atoms with Crippen LogP contribution in [0.5, 0.6) is 0 Å². The zero-order valence-corrected chi connectivity index (χ0v) is 12.8. The summed E-state index contributed by atoms with van der Waals surface area (Å²) < 4.78 is 38.7. The van der Waals surface area contributed by atoms with E-state index in [0.29, 0.717) is 0 Å². The van der Waals surface area contributed by atoms with Crippen molar-refractivity contribution in [3.05, 3.63) is 68.8 Å². The van der Waals surface area contributed by atoms with Gasteiger partial charge >= 0.3 is 6.18 Å². The van der Waals surface area contributed by atoms with E-state index < -0.39 is 22.6 Å². The zero-order valence-electron chi connectivity index (χ0n) is 12.8. The second kappa shape index (κ2) is 6.31. The third-order valence-electron chi connectivity index (χ3n) is 3.46. The van der Waals surface area contributed by atoms with Crippen molar-refractivity contribution in [3.8, 4) is 0 Å². The molecule has 1 N–H and O–H groups in total. The summed E-state index contributed by atoms with van der Waals surface area (Å²) in [4.78, 5) is 22.3. The van der Waals surface area contributed by atoms with Gasteiger partial charge in [-0.15, -0.1) is 0 Å². The van der Waals surface area contributed by atoms with E-state index in [1.807, 2.05) is 0 Å². The summed E-state index contributed by atoms with van der Waals surface area (Å²) >= 11 is 0. The number of halogens is 3. The third-order valence-corrected chi connectivity index (χ3v) is 3.46. The summed E-state index contributed by atoms with van der Waals surface area (Å²) in [7, 11) is 0. The first-order valence-corrected chi connectivity index (χ1v) is 6.84. The highest BCUT2D eigenvalue weighted by Crippen LogP contribution is 2.33. The minimum atomic E-state index is -4.52. The van der Waals surface area contributed by atoms with Gasteiger partial charge in [0.25, 0.3) is 11.6 Å². The normalized spacial score (nSPS) is 11.2. The number of carbonyl (C=O) groups is 1. The number of aryl methyl sites for hydroxylation is 2. The van der Waals surface area contributed by atoms with Crippen LogP contribution in [0.25, 0.3) is 0 Å². The van der Waals surface area contributed by atoms with Gasteiger partial charge in [-0.3, -0.25) is 14.9 Å². The van der Waals surface area contributed by atoms with Crippen LogP contribution in [0.3, 0.4) is 0 Å². The number of hydrogen-bond acceptors (Lipinski definition) is 3. The van der Waals surface area contributed by atoms with Crippen LogP contribution in [0, 0.1) is 24.0 Å². The topological polar surface area (TPSA) is 72.2 Å². The Hall–Kier alpha value is -2.90. The Balaban J connectivity index is 2.27. The molecule has 0 saturated heterocycles. The fourth-order valence-electron chi connectivity index (χ4n) is 2.21. The predicted molar refractivity (Wildman–Crippen MR) is 82.0 cm³/mol. The lowest BCUT2D eigenvalue weighted by Crippen LogP contribution is -2.14. The predicted octanol–water partition coefficient (Wildman–Crippen LogP) is 4.48. The summed E-state index contributed by atoms with van der Waals surface area (Å²) in [6.07, 6.45) is -4.52. The van der Waals surface area contributed by atoms with Crippen molar-refractivity contribution < 1.29 is 22.9 Å². The first-order valence-electron chi connectivity index (χ1n) is 6.84. The number of nitrogens with one attached hydrogen (secondary N) is 1. The van der Waals surface area contributed by atoms with Crippen LogP contribution in [0.1, 0.15) is 27.0 Å². The van der Waals surface area contributed by atoms with E-state index in [2.05, 4.69) is 5.32 Å². The smallest absolute Gasteiger partial charge is 0.322 e. The lowest BCUT2D eigenvalue weighted by Gasteiger charge is -2.13. The van der Waals surface area contributed by atoms with Crippen LogP contribution in [-0.2, 0) is 6.18 Å². The monoisotopic (exact) mass is 338 g/mol. The maximum Gasteiger partial charge on any atom is 0.416 e. The Kier molecular flexibility index (Phi) is 4.59. The number of nitro groups is 1. The van der Waals surface area contributed by atoms with E-state index in [4.69, 9.17) is 0 Å². The molecule has 2 rings (SSSR count). The van der Waals surface area contributed by atoms with Crippen molar-refractivity contribution in [1.82, 2.24) is 0 Å². The summed E-state index contributed by atoms with van der Waals surface area (Å²) in [5, 5.41) is 13.1. The molecule has 2 aromatic carbocycles. The van der Waals surface area contributed by atoms with Gasteiger partial charge in [-0.05, 0) is 43.7 Å². The van der Waals surface area contributed by atoms with Gasteiger partial charge in [0.15, 0.2) is 0 Å². The average Bonchev–Trinajstić information content (AvgIpc) is 2.47. The standard InChI is InChI=1S/C16H13F3N2O3/c1-9-3-5-12(8-13(9)16(17,18)19)20-15(22)11-4-6-14(21(23)24)10(2)7-11/h3-8H,1-2H3,(H,20,22). The van der Waals surface area contributed by atoms with Gasteiger partial charge in [-0.25, -0.2) is 0 Å². The quantitative estimate of drug-likeness (QED) is 0.662. The highest BCUT2D eigenvalue weighted by molar-refractivity contribution is 6.04. The number of hydrogen-bond donors (Lipinski definition) is 1. The van der Waals surface area contributed by atoms with E-state index in [1.165, 1.54) is 44.2 Å². The lowest BCUT2D eigenvalue weighted by atomic mass is 10.1. The molecule has 0 unspecified atom stereocenters. The highest BCUT2D eigenvalue weighted by Gasteiger charge is 2.32. The van der Waals surface area contributed by atoms with Crippen molar-refractivity contribution in [2.75, 3.05) is 5.32 Å². The summed E-state index contributed by atoms with van der Waals surface area (Å²) in [5.41, 5.74) is -0.526. The number of alkyl halides is 3. The minimum absolute atomic E-state index is 0.00562. The molecule has 5 nitrogen and oxygen atoms in total.